The van der Waals surface area contributed by atoms with Crippen LogP contribution in [0.15, 0.2) is 164 Å². The Morgan fingerprint density at radius 1 is 0.385 bits per heavy atom. The van der Waals surface area contributed by atoms with Gasteiger partial charge in [0.2, 0.25) is 0 Å². The summed E-state index contributed by atoms with van der Waals surface area (Å²) in [6, 6.07) is 59.8. The number of benzene rings is 7. The molecule has 52 heavy (non-hydrogen) atoms. The van der Waals surface area contributed by atoms with Crippen LogP contribution in [0.3, 0.4) is 0 Å². The van der Waals surface area contributed by atoms with Crippen molar-refractivity contribution in [3.63, 3.8) is 0 Å². The van der Waals surface area contributed by atoms with Gasteiger partial charge in [0.1, 0.15) is 0 Å². The minimum absolute atomic E-state index is 0.577. The van der Waals surface area contributed by atoms with E-state index in [1.54, 1.807) is 0 Å². The molecule has 0 saturated carbocycles. The van der Waals surface area contributed by atoms with Gasteiger partial charge in [0.25, 0.3) is 0 Å². The summed E-state index contributed by atoms with van der Waals surface area (Å²) in [7, 11) is 0. The Balaban J connectivity index is 1.22. The van der Waals surface area contributed by atoms with E-state index in [0.717, 1.165) is 44.6 Å². The number of rotatable bonds is 5. The van der Waals surface area contributed by atoms with Crippen molar-refractivity contribution in [3.8, 4) is 62.2 Å². The van der Waals surface area contributed by atoms with Crippen LogP contribution in [-0.4, -0.2) is 9.97 Å². The summed E-state index contributed by atoms with van der Waals surface area (Å²) in [5.41, 5.74) is 9.28. The molecule has 0 aliphatic carbocycles. The zero-order chi connectivity index (χ0) is 34.6. The topological polar surface area (TPSA) is 49.6 Å². The highest BCUT2D eigenvalue weighted by atomic mass is 32.1. The van der Waals surface area contributed by atoms with E-state index in [1.165, 1.54) is 40.3 Å². The molecule has 0 bridgehead atoms. The smallest absolute Gasteiger partial charge is 0.160 e. The molecule has 0 radical (unpaired) electrons. The van der Waals surface area contributed by atoms with E-state index in [1.807, 2.05) is 83.3 Å². The predicted molar refractivity (Wildman–Crippen MR) is 220 cm³/mol. The molecular formula is C47H27N3S2. The molecular weight excluding hydrogens is 671 g/mol. The number of nitriles is 1. The SMILES string of the molecule is N#Cc1ccccc1-c1cc(-c2cc(-c3ccc4sc5ccccc5c4c3)cc(-c3ccc4sc5ccccc5c4c3)c2)nc(-c2ccccc2)n1. The second-order valence-corrected chi connectivity index (χ2v) is 15.1. The summed E-state index contributed by atoms with van der Waals surface area (Å²) < 4.78 is 5.14. The van der Waals surface area contributed by atoms with Crippen molar-refractivity contribution in [1.29, 1.82) is 5.26 Å². The van der Waals surface area contributed by atoms with Crippen molar-refractivity contribution in [2.75, 3.05) is 0 Å². The van der Waals surface area contributed by atoms with Crippen LogP contribution in [0.4, 0.5) is 0 Å². The molecule has 242 valence electrons. The van der Waals surface area contributed by atoms with Crippen LogP contribution in [0.5, 0.6) is 0 Å². The maximum Gasteiger partial charge on any atom is 0.160 e. The summed E-state index contributed by atoms with van der Waals surface area (Å²) >= 11 is 3.66. The summed E-state index contributed by atoms with van der Waals surface area (Å²) in [6.07, 6.45) is 0. The highest BCUT2D eigenvalue weighted by molar-refractivity contribution is 7.26. The molecule has 10 rings (SSSR count). The first-order chi connectivity index (χ1) is 25.7. The number of nitrogens with zero attached hydrogens (tertiary/aromatic N) is 3. The second kappa shape index (κ2) is 12.4. The van der Waals surface area contributed by atoms with Gasteiger partial charge in [-0.1, -0.05) is 97.1 Å². The van der Waals surface area contributed by atoms with Crippen LogP contribution in [0.1, 0.15) is 5.56 Å². The fourth-order valence-corrected chi connectivity index (χ4v) is 9.35. The van der Waals surface area contributed by atoms with Crippen LogP contribution in [-0.2, 0) is 0 Å². The monoisotopic (exact) mass is 697 g/mol. The van der Waals surface area contributed by atoms with Crippen molar-refractivity contribution in [2.45, 2.75) is 0 Å². The normalized spacial score (nSPS) is 11.4. The molecule has 3 nitrogen and oxygen atoms in total. The molecule has 0 aliphatic rings. The molecule has 0 N–H and O–H groups in total. The zero-order valence-corrected chi connectivity index (χ0v) is 29.4. The quantitative estimate of drug-likeness (QED) is 0.180. The average Bonchev–Trinajstić information content (AvgIpc) is 3.78. The first-order valence-electron chi connectivity index (χ1n) is 17.1. The van der Waals surface area contributed by atoms with E-state index in [-0.39, 0.29) is 0 Å². The fraction of sp³-hybridized carbons (Fsp3) is 0. The minimum Gasteiger partial charge on any atom is -0.228 e. The van der Waals surface area contributed by atoms with Crippen LogP contribution in [0, 0.1) is 11.3 Å². The van der Waals surface area contributed by atoms with Crippen molar-refractivity contribution >= 4 is 63.0 Å². The zero-order valence-electron chi connectivity index (χ0n) is 27.7. The second-order valence-electron chi connectivity index (χ2n) is 12.9. The standard InChI is InChI=1S/C47H27N3S2/c48-28-32-12-4-5-13-36(32)42-27-41(49-47(50-42)29-10-2-1-3-11-29)35-23-33(30-18-20-45-39(25-30)37-14-6-8-16-43(37)51-45)22-34(24-35)31-19-21-46-40(26-31)38-15-7-9-17-44(38)52-46/h1-27H. The molecule has 0 saturated heterocycles. The van der Waals surface area contributed by atoms with Gasteiger partial charge in [-0.05, 0) is 89.0 Å². The first-order valence-corrected chi connectivity index (χ1v) is 18.7. The fourth-order valence-electron chi connectivity index (χ4n) is 7.17. The molecule has 5 heteroatoms. The molecule has 0 fully saturated rings. The van der Waals surface area contributed by atoms with Crippen molar-refractivity contribution in [1.82, 2.24) is 9.97 Å². The Kier molecular flexibility index (Phi) is 7.24. The third kappa shape index (κ3) is 5.25. The lowest BCUT2D eigenvalue weighted by atomic mass is 9.93. The molecule has 7 aromatic carbocycles. The summed E-state index contributed by atoms with van der Waals surface area (Å²) in [5, 5.41) is 15.1. The van der Waals surface area contributed by atoms with Gasteiger partial charge in [-0.3, -0.25) is 0 Å². The lowest BCUT2D eigenvalue weighted by Gasteiger charge is -2.14. The number of hydrogen-bond acceptors (Lipinski definition) is 5. The Hall–Kier alpha value is -6.45. The van der Waals surface area contributed by atoms with Gasteiger partial charge in [-0.15, -0.1) is 22.7 Å². The highest BCUT2D eigenvalue weighted by Crippen LogP contribution is 2.41. The van der Waals surface area contributed by atoms with Crippen molar-refractivity contribution in [2.24, 2.45) is 0 Å². The Morgan fingerprint density at radius 2 is 0.904 bits per heavy atom. The first kappa shape index (κ1) is 30.4. The molecule has 0 aliphatic heterocycles. The highest BCUT2D eigenvalue weighted by Gasteiger charge is 2.16. The van der Waals surface area contributed by atoms with Crippen molar-refractivity contribution < 1.29 is 0 Å². The maximum absolute atomic E-state index is 10.0. The largest absolute Gasteiger partial charge is 0.228 e. The van der Waals surface area contributed by atoms with E-state index in [4.69, 9.17) is 9.97 Å². The number of hydrogen-bond donors (Lipinski definition) is 0. The molecule has 0 amide bonds. The molecule has 3 aromatic heterocycles. The molecule has 3 heterocycles. The van der Waals surface area contributed by atoms with Gasteiger partial charge in [-0.25, -0.2) is 9.97 Å². The van der Waals surface area contributed by atoms with Gasteiger partial charge in [-0.2, -0.15) is 5.26 Å². The lowest BCUT2D eigenvalue weighted by Crippen LogP contribution is -1.97. The molecule has 0 unspecified atom stereocenters. The van der Waals surface area contributed by atoms with Crippen LogP contribution < -0.4 is 0 Å². The third-order valence-electron chi connectivity index (χ3n) is 9.73. The van der Waals surface area contributed by atoms with Gasteiger partial charge < -0.3 is 0 Å². The van der Waals surface area contributed by atoms with E-state index in [0.29, 0.717) is 17.1 Å². The molecule has 0 atom stereocenters. The van der Waals surface area contributed by atoms with E-state index in [9.17, 15) is 5.26 Å². The van der Waals surface area contributed by atoms with E-state index >= 15 is 0 Å². The third-order valence-corrected chi connectivity index (χ3v) is 12.0. The van der Waals surface area contributed by atoms with Gasteiger partial charge in [0, 0.05) is 57.0 Å². The summed E-state index contributed by atoms with van der Waals surface area (Å²) in [4.78, 5) is 10.2. The van der Waals surface area contributed by atoms with Crippen LogP contribution in [0.2, 0.25) is 0 Å². The van der Waals surface area contributed by atoms with Gasteiger partial charge in [0.15, 0.2) is 5.82 Å². The lowest BCUT2D eigenvalue weighted by molar-refractivity contribution is 1.18. The average molecular weight is 698 g/mol. The number of aromatic nitrogens is 2. The Bertz CT molecular complexity index is 2910. The maximum atomic E-state index is 10.0. The number of fused-ring (bicyclic) bond motifs is 6. The Morgan fingerprint density at radius 3 is 1.54 bits per heavy atom. The van der Waals surface area contributed by atoms with Gasteiger partial charge in [0.05, 0.1) is 23.0 Å². The number of thiophene rings is 2. The minimum atomic E-state index is 0.577. The Labute approximate surface area is 308 Å². The van der Waals surface area contributed by atoms with Crippen molar-refractivity contribution in [3.05, 3.63) is 169 Å². The van der Waals surface area contributed by atoms with Crippen LogP contribution >= 0.6 is 22.7 Å². The molecule has 10 aromatic rings. The van der Waals surface area contributed by atoms with Gasteiger partial charge >= 0.3 is 0 Å². The summed E-state index contributed by atoms with van der Waals surface area (Å²) in [6.45, 7) is 0. The summed E-state index contributed by atoms with van der Waals surface area (Å²) in [5.74, 6) is 0.616. The predicted octanol–water partition coefficient (Wildman–Crippen LogP) is 13.4. The van der Waals surface area contributed by atoms with Crippen LogP contribution in [0.25, 0.3) is 96.5 Å². The van der Waals surface area contributed by atoms with E-state index in [2.05, 4.69) is 109 Å². The molecule has 0 spiro atoms. The van der Waals surface area contributed by atoms with E-state index < -0.39 is 0 Å².